The molecule has 3 aromatic rings. The zero-order chi connectivity index (χ0) is 20.8. The molecule has 3 rings (SSSR count). The number of halogens is 2. The smallest absolute Gasteiger partial charge is 0.293 e. The van der Waals surface area contributed by atoms with Crippen molar-refractivity contribution in [3.8, 4) is 11.5 Å². The standard InChI is InChI=1S/C20H18BrClN4O3/c1-28-17-8-5-14(9-18(17)29-2)10-23-24-20(27)19-16(21)12-26(25-19)11-13-3-6-15(22)7-4-13/h3-10,12H,11H2,1-2H3,(H,24,27)/b23-10-. The van der Waals surface area contributed by atoms with Crippen LogP contribution in [0, 0.1) is 0 Å². The van der Waals surface area contributed by atoms with Crippen LogP contribution in [-0.2, 0) is 6.54 Å². The highest BCUT2D eigenvalue weighted by molar-refractivity contribution is 9.10. The van der Waals surface area contributed by atoms with E-state index in [-0.39, 0.29) is 5.69 Å². The van der Waals surface area contributed by atoms with E-state index in [1.54, 1.807) is 43.3 Å². The summed E-state index contributed by atoms with van der Waals surface area (Å²) < 4.78 is 12.7. The Labute approximate surface area is 181 Å². The predicted octanol–water partition coefficient (Wildman–Crippen LogP) is 4.13. The van der Waals surface area contributed by atoms with Gasteiger partial charge in [-0.2, -0.15) is 10.2 Å². The van der Waals surface area contributed by atoms with Crippen molar-refractivity contribution in [2.75, 3.05) is 14.2 Å². The first kappa shape index (κ1) is 20.9. The second-order valence-electron chi connectivity index (χ2n) is 5.96. The molecule has 1 aromatic heterocycles. The molecule has 2 aromatic carbocycles. The largest absolute Gasteiger partial charge is 0.493 e. The zero-order valence-corrected chi connectivity index (χ0v) is 18.1. The molecule has 9 heteroatoms. The van der Waals surface area contributed by atoms with Gasteiger partial charge in [0, 0.05) is 11.2 Å². The van der Waals surface area contributed by atoms with Crippen molar-refractivity contribution < 1.29 is 14.3 Å². The Bertz CT molecular complexity index is 1030. The van der Waals surface area contributed by atoms with E-state index in [4.69, 9.17) is 21.1 Å². The predicted molar refractivity (Wildman–Crippen MR) is 115 cm³/mol. The lowest BCUT2D eigenvalue weighted by molar-refractivity contribution is 0.0948. The Morgan fingerprint density at radius 1 is 1.21 bits per heavy atom. The minimum Gasteiger partial charge on any atom is -0.493 e. The second-order valence-corrected chi connectivity index (χ2v) is 7.25. The summed E-state index contributed by atoms with van der Waals surface area (Å²) in [6, 6.07) is 12.8. The van der Waals surface area contributed by atoms with E-state index in [1.807, 2.05) is 24.3 Å². The topological polar surface area (TPSA) is 77.7 Å². The van der Waals surface area contributed by atoms with Gasteiger partial charge < -0.3 is 9.47 Å². The average molecular weight is 478 g/mol. The lowest BCUT2D eigenvalue weighted by atomic mass is 10.2. The summed E-state index contributed by atoms with van der Waals surface area (Å²) in [7, 11) is 3.12. The van der Waals surface area contributed by atoms with E-state index in [0.717, 1.165) is 11.1 Å². The number of hydrogen-bond acceptors (Lipinski definition) is 5. The van der Waals surface area contributed by atoms with Gasteiger partial charge in [-0.1, -0.05) is 23.7 Å². The minimum absolute atomic E-state index is 0.239. The van der Waals surface area contributed by atoms with Gasteiger partial charge in [0.05, 0.1) is 31.5 Å². The molecule has 0 aliphatic heterocycles. The van der Waals surface area contributed by atoms with Crippen molar-refractivity contribution in [3.05, 3.63) is 75.0 Å². The van der Waals surface area contributed by atoms with E-state index in [0.29, 0.717) is 27.5 Å². The zero-order valence-electron chi connectivity index (χ0n) is 15.7. The van der Waals surface area contributed by atoms with E-state index < -0.39 is 5.91 Å². The number of amides is 1. The monoisotopic (exact) mass is 476 g/mol. The van der Waals surface area contributed by atoms with Gasteiger partial charge in [-0.15, -0.1) is 0 Å². The molecule has 1 N–H and O–H groups in total. The van der Waals surface area contributed by atoms with Crippen LogP contribution in [0.5, 0.6) is 11.5 Å². The van der Waals surface area contributed by atoms with Crippen LogP contribution >= 0.6 is 27.5 Å². The Balaban J connectivity index is 1.65. The molecule has 0 saturated heterocycles. The number of nitrogens with one attached hydrogen (secondary N) is 1. The first-order valence-electron chi connectivity index (χ1n) is 8.53. The SMILES string of the molecule is COc1ccc(/C=N\NC(=O)c2nn(Cc3ccc(Cl)cc3)cc2Br)cc1OC. The van der Waals surface area contributed by atoms with Crippen molar-refractivity contribution in [2.24, 2.45) is 5.10 Å². The van der Waals surface area contributed by atoms with Crippen molar-refractivity contribution in [3.63, 3.8) is 0 Å². The van der Waals surface area contributed by atoms with Crippen LogP contribution in [0.1, 0.15) is 21.6 Å². The van der Waals surface area contributed by atoms with E-state index in [1.165, 1.54) is 6.21 Å². The molecule has 7 nitrogen and oxygen atoms in total. The summed E-state index contributed by atoms with van der Waals surface area (Å²) in [6.45, 7) is 0.512. The number of ether oxygens (including phenoxy) is 2. The van der Waals surface area contributed by atoms with Gasteiger partial charge >= 0.3 is 0 Å². The van der Waals surface area contributed by atoms with Crippen LogP contribution in [0.3, 0.4) is 0 Å². The summed E-state index contributed by atoms with van der Waals surface area (Å²) in [5.41, 5.74) is 4.48. The molecule has 29 heavy (non-hydrogen) atoms. The highest BCUT2D eigenvalue weighted by Gasteiger charge is 2.15. The highest BCUT2D eigenvalue weighted by atomic mass is 79.9. The van der Waals surface area contributed by atoms with Crippen molar-refractivity contribution in [1.29, 1.82) is 0 Å². The summed E-state index contributed by atoms with van der Waals surface area (Å²) in [4.78, 5) is 12.4. The molecule has 0 aliphatic rings. The Morgan fingerprint density at radius 3 is 2.62 bits per heavy atom. The lowest BCUT2D eigenvalue weighted by Crippen LogP contribution is -2.19. The summed E-state index contributed by atoms with van der Waals surface area (Å²) in [5.74, 6) is 0.763. The van der Waals surface area contributed by atoms with Crippen molar-refractivity contribution >= 4 is 39.7 Å². The fraction of sp³-hybridized carbons (Fsp3) is 0.150. The number of hydrazone groups is 1. The molecule has 0 saturated carbocycles. The van der Waals surface area contributed by atoms with Gasteiger partial charge in [-0.25, -0.2) is 5.43 Å². The third kappa shape index (κ3) is 5.36. The normalized spacial score (nSPS) is 10.9. The maximum atomic E-state index is 12.4. The Morgan fingerprint density at radius 2 is 1.93 bits per heavy atom. The van der Waals surface area contributed by atoms with Gasteiger partial charge in [-0.05, 0) is 57.4 Å². The van der Waals surface area contributed by atoms with Crippen LogP contribution in [0.25, 0.3) is 0 Å². The van der Waals surface area contributed by atoms with E-state index in [2.05, 4.69) is 31.6 Å². The van der Waals surface area contributed by atoms with Gasteiger partial charge in [0.1, 0.15) is 0 Å². The average Bonchev–Trinajstić information content (AvgIpc) is 3.09. The number of methoxy groups -OCH3 is 2. The maximum Gasteiger partial charge on any atom is 0.293 e. The summed E-state index contributed by atoms with van der Waals surface area (Å²) in [6.07, 6.45) is 3.25. The van der Waals surface area contributed by atoms with Gasteiger partial charge in [-0.3, -0.25) is 9.48 Å². The molecular formula is C20H18BrClN4O3. The molecule has 0 aliphatic carbocycles. The number of carbonyl (C=O) groups is 1. The van der Waals surface area contributed by atoms with Crippen LogP contribution in [-0.4, -0.2) is 36.1 Å². The number of hydrogen-bond donors (Lipinski definition) is 1. The number of carbonyl (C=O) groups excluding carboxylic acids is 1. The van der Waals surface area contributed by atoms with Gasteiger partial charge in [0.15, 0.2) is 17.2 Å². The fourth-order valence-electron chi connectivity index (χ4n) is 2.56. The molecular weight excluding hydrogens is 460 g/mol. The molecule has 1 heterocycles. The quantitative estimate of drug-likeness (QED) is 0.410. The van der Waals surface area contributed by atoms with Gasteiger partial charge in [0.25, 0.3) is 5.91 Å². The molecule has 0 unspecified atom stereocenters. The second kappa shape index (κ2) is 9.58. The molecule has 150 valence electrons. The minimum atomic E-state index is -0.427. The maximum absolute atomic E-state index is 12.4. The first-order valence-corrected chi connectivity index (χ1v) is 9.70. The Kier molecular flexibility index (Phi) is 6.90. The third-order valence-corrected chi connectivity index (χ3v) is 4.81. The first-order chi connectivity index (χ1) is 14.0. The molecule has 1 amide bonds. The number of rotatable bonds is 7. The summed E-state index contributed by atoms with van der Waals surface area (Å²) in [5, 5.41) is 8.97. The Hall–Kier alpha value is -2.84. The molecule has 0 atom stereocenters. The lowest BCUT2D eigenvalue weighted by Gasteiger charge is -2.07. The van der Waals surface area contributed by atoms with Gasteiger partial charge in [0.2, 0.25) is 0 Å². The van der Waals surface area contributed by atoms with E-state index >= 15 is 0 Å². The number of benzene rings is 2. The van der Waals surface area contributed by atoms with E-state index in [9.17, 15) is 4.79 Å². The van der Waals surface area contributed by atoms with Crippen molar-refractivity contribution in [2.45, 2.75) is 6.54 Å². The molecule has 0 fully saturated rings. The van der Waals surface area contributed by atoms with Crippen molar-refractivity contribution in [1.82, 2.24) is 15.2 Å². The number of aromatic nitrogens is 2. The molecule has 0 bridgehead atoms. The molecule has 0 spiro atoms. The van der Waals surface area contributed by atoms with Crippen LogP contribution in [0.4, 0.5) is 0 Å². The van der Waals surface area contributed by atoms with Crippen LogP contribution in [0.15, 0.2) is 58.2 Å². The number of nitrogens with zero attached hydrogens (tertiary/aromatic N) is 3. The fourth-order valence-corrected chi connectivity index (χ4v) is 3.18. The third-order valence-electron chi connectivity index (χ3n) is 3.98. The highest BCUT2D eigenvalue weighted by Crippen LogP contribution is 2.26. The van der Waals surface area contributed by atoms with Crippen LogP contribution in [0.2, 0.25) is 5.02 Å². The van der Waals surface area contributed by atoms with Crippen LogP contribution < -0.4 is 14.9 Å². The summed E-state index contributed by atoms with van der Waals surface area (Å²) >= 11 is 9.27. The molecule has 0 radical (unpaired) electrons.